The predicted molar refractivity (Wildman–Crippen MR) is 67.5 cm³/mol. The van der Waals surface area contributed by atoms with Crippen molar-refractivity contribution in [2.45, 2.75) is 31.7 Å². The van der Waals surface area contributed by atoms with Gasteiger partial charge in [-0.1, -0.05) is 0 Å². The number of aliphatic hydroxyl groups is 1. The highest BCUT2D eigenvalue weighted by Crippen LogP contribution is 2.26. The van der Waals surface area contributed by atoms with Crippen molar-refractivity contribution in [1.82, 2.24) is 15.0 Å². The van der Waals surface area contributed by atoms with Crippen LogP contribution in [0.3, 0.4) is 0 Å². The van der Waals surface area contributed by atoms with Crippen LogP contribution in [0.15, 0.2) is 0 Å². The van der Waals surface area contributed by atoms with Gasteiger partial charge in [0.2, 0.25) is 11.9 Å². The molecule has 0 saturated carbocycles. The summed E-state index contributed by atoms with van der Waals surface area (Å²) in [5.41, 5.74) is 5.64. The van der Waals surface area contributed by atoms with E-state index in [0.717, 1.165) is 32.2 Å². The van der Waals surface area contributed by atoms with Crippen molar-refractivity contribution in [3.05, 3.63) is 0 Å². The first kappa shape index (κ1) is 12.8. The highest BCUT2D eigenvalue weighted by molar-refractivity contribution is 5.38. The van der Waals surface area contributed by atoms with E-state index in [0.29, 0.717) is 12.0 Å². The number of ether oxygens (including phenoxy) is 1. The molecule has 1 fully saturated rings. The number of hydrogen-bond acceptors (Lipinski definition) is 7. The Labute approximate surface area is 106 Å². The van der Waals surface area contributed by atoms with Crippen LogP contribution in [0.5, 0.6) is 6.01 Å². The number of aliphatic hydroxyl groups excluding tert-OH is 1. The summed E-state index contributed by atoms with van der Waals surface area (Å²) in [6.07, 6.45) is 3.92. The molecule has 1 atom stereocenters. The second kappa shape index (κ2) is 5.81. The monoisotopic (exact) mass is 253 g/mol. The van der Waals surface area contributed by atoms with Crippen LogP contribution in [0.25, 0.3) is 0 Å². The van der Waals surface area contributed by atoms with Gasteiger partial charge in [-0.25, -0.2) is 0 Å². The Bertz CT molecular complexity index is 401. The van der Waals surface area contributed by atoms with Gasteiger partial charge in [-0.15, -0.1) is 0 Å². The molecule has 7 nitrogen and oxygen atoms in total. The van der Waals surface area contributed by atoms with E-state index >= 15 is 0 Å². The molecule has 1 aromatic rings. The molecule has 100 valence electrons. The molecule has 1 aliphatic rings. The lowest BCUT2D eigenvalue weighted by atomic mass is 10.1. The fourth-order valence-corrected chi connectivity index (χ4v) is 2.31. The van der Waals surface area contributed by atoms with Gasteiger partial charge in [0.1, 0.15) is 0 Å². The summed E-state index contributed by atoms with van der Waals surface area (Å²) < 4.78 is 5.00. The second-order valence-corrected chi connectivity index (χ2v) is 4.34. The highest BCUT2D eigenvalue weighted by Gasteiger charge is 2.27. The van der Waals surface area contributed by atoms with E-state index in [1.807, 2.05) is 0 Å². The number of methoxy groups -OCH3 is 1. The third kappa shape index (κ3) is 2.79. The highest BCUT2D eigenvalue weighted by atomic mass is 16.5. The zero-order valence-corrected chi connectivity index (χ0v) is 10.5. The Morgan fingerprint density at radius 2 is 2.28 bits per heavy atom. The molecule has 3 N–H and O–H groups in total. The maximum Gasteiger partial charge on any atom is 0.322 e. The van der Waals surface area contributed by atoms with E-state index in [9.17, 15) is 0 Å². The first-order chi connectivity index (χ1) is 8.74. The van der Waals surface area contributed by atoms with E-state index in [4.69, 9.17) is 15.6 Å². The zero-order valence-electron chi connectivity index (χ0n) is 10.5. The summed E-state index contributed by atoms with van der Waals surface area (Å²) in [7, 11) is 1.51. The van der Waals surface area contributed by atoms with Crippen molar-refractivity contribution in [3.63, 3.8) is 0 Å². The van der Waals surface area contributed by atoms with Crippen LogP contribution in [0.1, 0.15) is 25.7 Å². The number of rotatable bonds is 5. The molecule has 18 heavy (non-hydrogen) atoms. The van der Waals surface area contributed by atoms with E-state index in [-0.39, 0.29) is 18.6 Å². The topological polar surface area (TPSA) is 97.4 Å². The molecule has 0 aromatic carbocycles. The molecule has 2 heterocycles. The maximum absolute atomic E-state index is 8.91. The van der Waals surface area contributed by atoms with Crippen LogP contribution in [0.4, 0.5) is 11.9 Å². The second-order valence-electron chi connectivity index (χ2n) is 4.34. The predicted octanol–water partition coefficient (Wildman–Crippen LogP) is 0.204. The molecule has 0 bridgehead atoms. The number of anilines is 2. The van der Waals surface area contributed by atoms with Crippen LogP contribution in [-0.2, 0) is 0 Å². The summed E-state index contributed by atoms with van der Waals surface area (Å²) in [5, 5.41) is 8.91. The van der Waals surface area contributed by atoms with Crippen molar-refractivity contribution in [1.29, 1.82) is 0 Å². The van der Waals surface area contributed by atoms with Gasteiger partial charge < -0.3 is 20.5 Å². The van der Waals surface area contributed by atoms with E-state index in [2.05, 4.69) is 19.9 Å². The first-order valence-electron chi connectivity index (χ1n) is 6.17. The van der Waals surface area contributed by atoms with Gasteiger partial charge in [0.15, 0.2) is 0 Å². The zero-order chi connectivity index (χ0) is 13.0. The molecule has 0 radical (unpaired) electrons. The normalized spacial score (nSPS) is 19.2. The average molecular weight is 253 g/mol. The van der Waals surface area contributed by atoms with Crippen molar-refractivity contribution in [2.75, 3.05) is 30.9 Å². The Morgan fingerprint density at radius 3 is 3.00 bits per heavy atom. The minimum absolute atomic E-state index is 0.171. The molecule has 1 saturated heterocycles. The van der Waals surface area contributed by atoms with E-state index in [1.54, 1.807) is 0 Å². The molecule has 0 amide bonds. The van der Waals surface area contributed by atoms with Gasteiger partial charge >= 0.3 is 6.01 Å². The van der Waals surface area contributed by atoms with Crippen molar-refractivity contribution in [3.8, 4) is 6.01 Å². The Kier molecular flexibility index (Phi) is 4.14. The summed E-state index contributed by atoms with van der Waals surface area (Å²) in [5.74, 6) is 0.740. The minimum atomic E-state index is 0.171. The number of nitrogen functional groups attached to an aromatic ring is 1. The molecule has 1 aromatic heterocycles. The third-order valence-corrected chi connectivity index (χ3v) is 3.13. The maximum atomic E-state index is 8.91. The molecule has 2 rings (SSSR count). The quantitative estimate of drug-likeness (QED) is 0.773. The lowest BCUT2D eigenvalue weighted by Crippen LogP contribution is -2.31. The van der Waals surface area contributed by atoms with Crippen LogP contribution >= 0.6 is 0 Å². The SMILES string of the molecule is COc1nc(N)nc(N2CCCC2CCCO)n1. The number of aromatic nitrogens is 3. The fourth-order valence-electron chi connectivity index (χ4n) is 2.31. The van der Waals surface area contributed by atoms with Crippen LogP contribution in [-0.4, -0.2) is 46.4 Å². The van der Waals surface area contributed by atoms with Crippen molar-refractivity contribution in [2.24, 2.45) is 0 Å². The fraction of sp³-hybridized carbons (Fsp3) is 0.727. The van der Waals surface area contributed by atoms with Crippen molar-refractivity contribution < 1.29 is 9.84 Å². The van der Waals surface area contributed by atoms with Crippen LogP contribution < -0.4 is 15.4 Å². The minimum Gasteiger partial charge on any atom is -0.467 e. The number of nitrogens with zero attached hydrogens (tertiary/aromatic N) is 4. The lowest BCUT2D eigenvalue weighted by molar-refractivity contribution is 0.279. The van der Waals surface area contributed by atoms with Gasteiger partial charge in [-0.2, -0.15) is 15.0 Å². The largest absolute Gasteiger partial charge is 0.467 e. The summed E-state index contributed by atoms with van der Waals surface area (Å²) in [4.78, 5) is 14.4. The molecule has 0 aliphatic carbocycles. The number of hydrogen-bond donors (Lipinski definition) is 2. The van der Waals surface area contributed by atoms with Crippen LogP contribution in [0.2, 0.25) is 0 Å². The molecule has 1 aliphatic heterocycles. The number of nitrogens with two attached hydrogens (primary N) is 1. The van der Waals surface area contributed by atoms with Gasteiger partial charge in [0.05, 0.1) is 7.11 Å². The van der Waals surface area contributed by atoms with Gasteiger partial charge in [0.25, 0.3) is 0 Å². The van der Waals surface area contributed by atoms with Gasteiger partial charge in [-0.05, 0) is 25.7 Å². The lowest BCUT2D eigenvalue weighted by Gasteiger charge is -2.24. The van der Waals surface area contributed by atoms with Gasteiger partial charge in [0, 0.05) is 19.2 Å². The van der Waals surface area contributed by atoms with Crippen LogP contribution in [0, 0.1) is 0 Å². The van der Waals surface area contributed by atoms with E-state index in [1.165, 1.54) is 7.11 Å². The van der Waals surface area contributed by atoms with Crippen molar-refractivity contribution >= 4 is 11.9 Å². The average Bonchev–Trinajstić information content (AvgIpc) is 2.83. The van der Waals surface area contributed by atoms with E-state index < -0.39 is 0 Å². The standard InChI is InChI=1S/C11H19N5O2/c1-18-11-14-9(12)13-10(15-11)16-6-2-4-8(16)5-3-7-17/h8,17H,2-7H2,1H3,(H2,12,13,14,15). The summed E-state index contributed by atoms with van der Waals surface area (Å²) in [6, 6.07) is 0.606. The first-order valence-corrected chi connectivity index (χ1v) is 6.17. The Morgan fingerprint density at radius 1 is 1.44 bits per heavy atom. The smallest absolute Gasteiger partial charge is 0.322 e. The molecular weight excluding hydrogens is 234 g/mol. The summed E-state index contributed by atoms with van der Waals surface area (Å²) >= 11 is 0. The molecule has 1 unspecified atom stereocenters. The third-order valence-electron chi connectivity index (χ3n) is 3.13. The molecular formula is C11H19N5O2. The molecule has 7 heteroatoms. The summed E-state index contributed by atoms with van der Waals surface area (Å²) in [6.45, 7) is 1.12. The Hall–Kier alpha value is -1.63. The van der Waals surface area contributed by atoms with Gasteiger partial charge in [-0.3, -0.25) is 0 Å². The Balaban J connectivity index is 2.16. The molecule has 0 spiro atoms.